The molecule has 4 nitrogen and oxygen atoms in total. The third kappa shape index (κ3) is 4.60. The van der Waals surface area contributed by atoms with Crippen molar-refractivity contribution in [2.24, 2.45) is 4.99 Å². The van der Waals surface area contributed by atoms with E-state index in [1.165, 1.54) is 22.7 Å². The van der Waals surface area contributed by atoms with E-state index in [4.69, 9.17) is 35.4 Å². The maximum absolute atomic E-state index is 10.6. The van der Waals surface area contributed by atoms with Crippen molar-refractivity contribution >= 4 is 69.4 Å². The number of benzene rings is 2. The molecule has 4 rings (SSSR count). The lowest BCUT2D eigenvalue weighted by atomic mass is 10.1. The van der Waals surface area contributed by atoms with Crippen molar-refractivity contribution in [3.63, 3.8) is 0 Å². The molecule has 1 N–H and O–H groups in total. The van der Waals surface area contributed by atoms with Crippen LogP contribution in [0.4, 0.5) is 5.13 Å². The average Bonchev–Trinajstić information content (AvgIpc) is 3.26. The Morgan fingerprint density at radius 1 is 1.14 bits per heavy atom. The molecule has 9 heteroatoms. The highest BCUT2D eigenvalue weighted by atomic mass is 35.5. The average molecular weight is 478 g/mol. The summed E-state index contributed by atoms with van der Waals surface area (Å²) in [5.41, 5.74) is 1.79. The van der Waals surface area contributed by atoms with Gasteiger partial charge in [-0.25, -0.2) is 9.98 Å². The van der Waals surface area contributed by atoms with Gasteiger partial charge in [0, 0.05) is 27.5 Å². The van der Waals surface area contributed by atoms with E-state index in [-0.39, 0.29) is 5.88 Å². The zero-order chi connectivity index (χ0) is 20.4. The molecule has 2 aromatic carbocycles. The summed E-state index contributed by atoms with van der Waals surface area (Å²) in [5, 5.41) is 12.4. The first-order valence-electron chi connectivity index (χ1n) is 8.44. The van der Waals surface area contributed by atoms with E-state index in [1.54, 1.807) is 23.0 Å². The van der Waals surface area contributed by atoms with Gasteiger partial charge in [0.1, 0.15) is 4.88 Å². The fraction of sp³-hybridized carbons (Fsp3) is 0.0500. The van der Waals surface area contributed by atoms with Gasteiger partial charge in [-0.1, -0.05) is 70.1 Å². The molecule has 0 aliphatic carbocycles. The SMILES string of the molecule is Oc1c(/C=N/c2ncc(Cc3ccc(Cl)cc3Cl)s2)sc(=S)n1-c1ccccc1. The second-order valence-corrected chi connectivity index (χ2v) is 9.62. The smallest absolute Gasteiger partial charge is 0.216 e. The maximum atomic E-state index is 10.6. The number of halogens is 2. The van der Waals surface area contributed by atoms with E-state index in [0.717, 1.165) is 16.1 Å². The van der Waals surface area contributed by atoms with Crippen LogP contribution in [0.3, 0.4) is 0 Å². The predicted molar refractivity (Wildman–Crippen MR) is 125 cm³/mol. The molecule has 0 radical (unpaired) electrons. The van der Waals surface area contributed by atoms with Crippen LogP contribution < -0.4 is 0 Å². The maximum Gasteiger partial charge on any atom is 0.216 e. The summed E-state index contributed by atoms with van der Waals surface area (Å²) < 4.78 is 2.17. The first kappa shape index (κ1) is 20.3. The summed E-state index contributed by atoms with van der Waals surface area (Å²) in [7, 11) is 0. The minimum Gasteiger partial charge on any atom is -0.493 e. The van der Waals surface area contributed by atoms with Gasteiger partial charge < -0.3 is 5.11 Å². The topological polar surface area (TPSA) is 50.4 Å². The van der Waals surface area contributed by atoms with Crippen molar-refractivity contribution in [1.82, 2.24) is 9.55 Å². The van der Waals surface area contributed by atoms with Crippen LogP contribution in [0.5, 0.6) is 5.88 Å². The second-order valence-electron chi connectivity index (χ2n) is 6.01. The molecule has 29 heavy (non-hydrogen) atoms. The van der Waals surface area contributed by atoms with Crippen molar-refractivity contribution in [1.29, 1.82) is 0 Å². The number of para-hydroxylation sites is 1. The molecular formula is C20H13Cl2N3OS3. The highest BCUT2D eigenvalue weighted by Crippen LogP contribution is 2.30. The largest absolute Gasteiger partial charge is 0.493 e. The van der Waals surface area contributed by atoms with Gasteiger partial charge in [-0.05, 0) is 42.0 Å². The number of hydrogen-bond acceptors (Lipinski definition) is 6. The van der Waals surface area contributed by atoms with Gasteiger partial charge in [0.15, 0.2) is 3.95 Å². The minimum absolute atomic E-state index is 0.0691. The number of hydrogen-bond donors (Lipinski definition) is 1. The number of aliphatic imine (C=N–C) groups is 1. The van der Waals surface area contributed by atoms with E-state index in [1.807, 2.05) is 42.5 Å². The Balaban J connectivity index is 1.54. The highest BCUT2D eigenvalue weighted by molar-refractivity contribution is 7.73. The Morgan fingerprint density at radius 3 is 2.69 bits per heavy atom. The van der Waals surface area contributed by atoms with Gasteiger partial charge >= 0.3 is 0 Å². The number of nitrogens with zero attached hydrogens (tertiary/aromatic N) is 3. The van der Waals surface area contributed by atoms with E-state index in [2.05, 4.69) is 9.98 Å². The van der Waals surface area contributed by atoms with E-state index < -0.39 is 0 Å². The molecule has 0 spiro atoms. The molecule has 2 aromatic heterocycles. The molecule has 0 bridgehead atoms. The summed E-state index contributed by atoms with van der Waals surface area (Å²) in [6.07, 6.45) is 4.02. The van der Waals surface area contributed by atoms with Gasteiger partial charge in [-0.2, -0.15) is 0 Å². The lowest BCUT2D eigenvalue weighted by Crippen LogP contribution is -1.92. The first-order valence-corrected chi connectivity index (χ1v) is 11.2. The third-order valence-corrected chi connectivity index (χ3v) is 6.83. The molecule has 0 atom stereocenters. The van der Waals surface area contributed by atoms with Crippen molar-refractivity contribution in [2.75, 3.05) is 0 Å². The van der Waals surface area contributed by atoms with Crippen LogP contribution in [-0.4, -0.2) is 20.9 Å². The molecule has 0 saturated carbocycles. The Hall–Kier alpha value is -2.03. The second kappa shape index (κ2) is 8.77. The fourth-order valence-electron chi connectivity index (χ4n) is 2.68. The molecule has 0 unspecified atom stereocenters. The summed E-state index contributed by atoms with van der Waals surface area (Å²) in [6.45, 7) is 0. The van der Waals surface area contributed by atoms with Gasteiger partial charge in [-0.15, -0.1) is 0 Å². The summed E-state index contributed by atoms with van der Waals surface area (Å²) in [4.78, 5) is 10.3. The Bertz CT molecular complexity index is 1250. The first-order chi connectivity index (χ1) is 14.0. The van der Waals surface area contributed by atoms with Gasteiger partial charge in [0.2, 0.25) is 11.0 Å². The Morgan fingerprint density at radius 2 is 1.93 bits per heavy atom. The standard InChI is InChI=1S/C20H13Cl2N3OS3/c21-13-7-6-12(16(22)9-13)8-15-10-23-19(28-15)24-11-17-18(26)25(20(27)29-17)14-4-2-1-3-5-14/h1-7,9-11,26H,8H2/b24-11+. The molecule has 0 fully saturated rings. The van der Waals surface area contributed by atoms with Crippen LogP contribution in [0.25, 0.3) is 5.69 Å². The van der Waals surface area contributed by atoms with Crippen LogP contribution >= 0.6 is 58.1 Å². The molecule has 0 saturated heterocycles. The molecule has 0 aliphatic rings. The van der Waals surface area contributed by atoms with E-state index in [0.29, 0.717) is 30.4 Å². The van der Waals surface area contributed by atoms with Gasteiger partial charge in [0.25, 0.3) is 0 Å². The van der Waals surface area contributed by atoms with E-state index >= 15 is 0 Å². The van der Waals surface area contributed by atoms with Crippen molar-refractivity contribution in [3.05, 3.63) is 84.0 Å². The van der Waals surface area contributed by atoms with Gasteiger partial charge in [0.05, 0.1) is 11.9 Å². The highest BCUT2D eigenvalue weighted by Gasteiger charge is 2.12. The Labute approximate surface area is 190 Å². The van der Waals surface area contributed by atoms with Crippen molar-refractivity contribution in [3.8, 4) is 11.6 Å². The third-order valence-electron chi connectivity index (χ3n) is 4.04. The molecule has 0 amide bonds. The lowest BCUT2D eigenvalue weighted by Gasteiger charge is -2.03. The summed E-state index contributed by atoms with van der Waals surface area (Å²) >= 11 is 20.3. The number of aromatic nitrogens is 2. The summed E-state index contributed by atoms with van der Waals surface area (Å²) in [5.74, 6) is 0.0691. The molecule has 2 heterocycles. The number of rotatable bonds is 5. The lowest BCUT2D eigenvalue weighted by molar-refractivity contribution is 0.441. The van der Waals surface area contributed by atoms with Crippen LogP contribution in [0, 0.1) is 3.95 Å². The van der Waals surface area contributed by atoms with E-state index in [9.17, 15) is 5.11 Å². The zero-order valence-corrected chi connectivity index (χ0v) is 18.7. The minimum atomic E-state index is 0.0691. The van der Waals surface area contributed by atoms with Crippen LogP contribution in [0.2, 0.25) is 10.0 Å². The number of thiazole rings is 2. The zero-order valence-electron chi connectivity index (χ0n) is 14.8. The van der Waals surface area contributed by atoms with Crippen molar-refractivity contribution in [2.45, 2.75) is 6.42 Å². The molecule has 0 aliphatic heterocycles. The fourth-order valence-corrected chi connectivity index (χ4v) is 5.15. The monoisotopic (exact) mass is 477 g/mol. The Kier molecular flexibility index (Phi) is 6.12. The van der Waals surface area contributed by atoms with Crippen molar-refractivity contribution < 1.29 is 5.11 Å². The normalized spacial score (nSPS) is 11.4. The van der Waals surface area contributed by atoms with Crippen LogP contribution in [-0.2, 0) is 6.42 Å². The number of aromatic hydroxyl groups is 1. The predicted octanol–water partition coefficient (Wildman–Crippen LogP) is 7.08. The molecule has 146 valence electrons. The van der Waals surface area contributed by atoms with Crippen LogP contribution in [0.15, 0.2) is 59.7 Å². The summed E-state index contributed by atoms with van der Waals surface area (Å²) in [6, 6.07) is 14.9. The van der Waals surface area contributed by atoms with Gasteiger partial charge in [-0.3, -0.25) is 4.57 Å². The van der Waals surface area contributed by atoms with Crippen LogP contribution in [0.1, 0.15) is 15.3 Å². The quantitative estimate of drug-likeness (QED) is 0.246. The molecule has 4 aromatic rings. The molecular weight excluding hydrogens is 465 g/mol.